The minimum absolute atomic E-state index is 0.563. The molecule has 142 valence electrons. The molecule has 1 aromatic heterocycles. The number of nitrogens with zero attached hydrogens (tertiary/aromatic N) is 4. The minimum atomic E-state index is 0.563. The number of aryl methyl sites for hydroxylation is 1. The Morgan fingerprint density at radius 2 is 1.92 bits per heavy atom. The van der Waals surface area contributed by atoms with E-state index in [1.54, 1.807) is 11.7 Å². The molecule has 0 unspecified atom stereocenters. The minimum Gasteiger partial charge on any atom is -0.490 e. The molecule has 0 aliphatic carbocycles. The molecular weight excluding hydrogens is 332 g/mol. The average Bonchev–Trinajstić information content (AvgIpc) is 3.05. The molecule has 2 rings (SSSR count). The van der Waals surface area contributed by atoms with Crippen LogP contribution in [0, 0.1) is 0 Å². The Balaban J connectivity index is 1.85. The molecule has 0 fully saturated rings. The van der Waals surface area contributed by atoms with Crippen LogP contribution in [-0.2, 0) is 20.0 Å². The fourth-order valence-corrected chi connectivity index (χ4v) is 2.44. The zero-order valence-electron chi connectivity index (χ0n) is 16.0. The molecule has 0 atom stereocenters. The highest BCUT2D eigenvalue weighted by molar-refractivity contribution is 5.79. The van der Waals surface area contributed by atoms with Crippen LogP contribution in [-0.4, -0.2) is 47.5 Å². The van der Waals surface area contributed by atoms with Gasteiger partial charge in [-0.15, -0.1) is 0 Å². The Kier molecular flexibility index (Phi) is 7.73. The van der Waals surface area contributed by atoms with Gasteiger partial charge in [-0.1, -0.05) is 6.07 Å². The third-order valence-corrected chi connectivity index (χ3v) is 3.76. The van der Waals surface area contributed by atoms with Gasteiger partial charge in [-0.25, -0.2) is 4.98 Å². The van der Waals surface area contributed by atoms with Crippen molar-refractivity contribution in [2.24, 2.45) is 12.0 Å². The molecule has 1 aromatic carbocycles. The van der Waals surface area contributed by atoms with Crippen molar-refractivity contribution < 1.29 is 9.47 Å². The van der Waals surface area contributed by atoms with Crippen molar-refractivity contribution in [3.63, 3.8) is 0 Å². The third kappa shape index (κ3) is 5.65. The fourth-order valence-electron chi connectivity index (χ4n) is 2.44. The first kappa shape index (κ1) is 19.6. The van der Waals surface area contributed by atoms with Gasteiger partial charge in [-0.3, -0.25) is 9.67 Å². The molecule has 0 radical (unpaired) electrons. The molecule has 0 saturated heterocycles. The summed E-state index contributed by atoms with van der Waals surface area (Å²) in [6.07, 6.45) is 2.38. The SMILES string of the molecule is CCOc1ccc(CCNC(=NC)NCc2ncnn2C)cc1OCC. The van der Waals surface area contributed by atoms with E-state index in [4.69, 9.17) is 9.47 Å². The summed E-state index contributed by atoms with van der Waals surface area (Å²) >= 11 is 0. The summed E-state index contributed by atoms with van der Waals surface area (Å²) in [7, 11) is 3.61. The number of guanidine groups is 1. The molecular formula is C18H28N6O2. The van der Waals surface area contributed by atoms with Crippen molar-refractivity contribution in [3.05, 3.63) is 35.9 Å². The van der Waals surface area contributed by atoms with Crippen molar-refractivity contribution in [1.29, 1.82) is 0 Å². The first-order valence-electron chi connectivity index (χ1n) is 8.83. The molecule has 0 spiro atoms. The molecule has 0 bridgehead atoms. The number of nitrogens with one attached hydrogen (secondary N) is 2. The van der Waals surface area contributed by atoms with Crippen LogP contribution in [0.15, 0.2) is 29.5 Å². The van der Waals surface area contributed by atoms with Gasteiger partial charge in [0.1, 0.15) is 12.2 Å². The summed E-state index contributed by atoms with van der Waals surface area (Å²) in [5, 5.41) is 10.6. The molecule has 8 heteroatoms. The Bertz CT molecular complexity index is 713. The van der Waals surface area contributed by atoms with Gasteiger partial charge in [0.2, 0.25) is 0 Å². The Morgan fingerprint density at radius 3 is 2.58 bits per heavy atom. The smallest absolute Gasteiger partial charge is 0.191 e. The number of aliphatic imine (C=N–C) groups is 1. The van der Waals surface area contributed by atoms with E-state index >= 15 is 0 Å². The molecule has 1 heterocycles. The summed E-state index contributed by atoms with van der Waals surface area (Å²) in [4.78, 5) is 8.41. The van der Waals surface area contributed by atoms with Crippen LogP contribution in [0.2, 0.25) is 0 Å². The third-order valence-electron chi connectivity index (χ3n) is 3.76. The van der Waals surface area contributed by atoms with Gasteiger partial charge >= 0.3 is 0 Å². The zero-order chi connectivity index (χ0) is 18.8. The Morgan fingerprint density at radius 1 is 1.15 bits per heavy atom. The van der Waals surface area contributed by atoms with E-state index in [0.717, 1.165) is 36.2 Å². The second-order valence-corrected chi connectivity index (χ2v) is 5.55. The van der Waals surface area contributed by atoms with E-state index in [2.05, 4.69) is 31.8 Å². The van der Waals surface area contributed by atoms with Gasteiger partial charge in [0.25, 0.3) is 0 Å². The molecule has 0 aliphatic heterocycles. The molecule has 0 saturated carbocycles. The lowest BCUT2D eigenvalue weighted by Gasteiger charge is -2.14. The molecule has 0 aliphatic rings. The summed E-state index contributed by atoms with van der Waals surface area (Å²) in [5.74, 6) is 3.15. The van der Waals surface area contributed by atoms with Gasteiger partial charge in [-0.05, 0) is 38.0 Å². The number of ether oxygens (including phenoxy) is 2. The quantitative estimate of drug-likeness (QED) is 0.521. The summed E-state index contributed by atoms with van der Waals surface area (Å²) in [6, 6.07) is 6.06. The molecule has 26 heavy (non-hydrogen) atoms. The average molecular weight is 360 g/mol. The van der Waals surface area contributed by atoms with E-state index in [1.165, 1.54) is 11.9 Å². The largest absolute Gasteiger partial charge is 0.490 e. The van der Waals surface area contributed by atoms with E-state index < -0.39 is 0 Å². The highest BCUT2D eigenvalue weighted by Gasteiger charge is 2.07. The van der Waals surface area contributed by atoms with Crippen LogP contribution in [0.5, 0.6) is 11.5 Å². The van der Waals surface area contributed by atoms with Crippen molar-refractivity contribution in [3.8, 4) is 11.5 Å². The lowest BCUT2D eigenvalue weighted by atomic mass is 10.1. The normalized spacial score (nSPS) is 11.3. The fraction of sp³-hybridized carbons (Fsp3) is 0.500. The maximum Gasteiger partial charge on any atom is 0.191 e. The van der Waals surface area contributed by atoms with Crippen LogP contribution in [0.1, 0.15) is 25.2 Å². The second kappa shape index (κ2) is 10.3. The predicted octanol–water partition coefficient (Wildman–Crippen LogP) is 1.52. The van der Waals surface area contributed by atoms with Crippen LogP contribution in [0.4, 0.5) is 0 Å². The molecule has 2 N–H and O–H groups in total. The van der Waals surface area contributed by atoms with E-state index in [9.17, 15) is 0 Å². The van der Waals surface area contributed by atoms with Gasteiger partial charge < -0.3 is 20.1 Å². The number of hydrogen-bond acceptors (Lipinski definition) is 5. The summed E-state index contributed by atoms with van der Waals surface area (Å²) in [6.45, 7) is 6.48. The highest BCUT2D eigenvalue weighted by atomic mass is 16.5. The molecule has 2 aromatic rings. The lowest BCUT2D eigenvalue weighted by Crippen LogP contribution is -2.38. The van der Waals surface area contributed by atoms with Crippen molar-refractivity contribution in [2.75, 3.05) is 26.8 Å². The molecule has 0 amide bonds. The topological polar surface area (TPSA) is 85.6 Å². The standard InChI is InChI=1S/C18H28N6O2/c1-5-25-15-8-7-14(11-16(15)26-6-2)9-10-20-18(19-3)21-12-17-22-13-23-24(17)4/h7-8,11,13H,5-6,9-10,12H2,1-4H3,(H2,19,20,21). The number of benzene rings is 1. The number of rotatable bonds is 9. The maximum atomic E-state index is 5.67. The molecule has 8 nitrogen and oxygen atoms in total. The van der Waals surface area contributed by atoms with Crippen LogP contribution < -0.4 is 20.1 Å². The van der Waals surface area contributed by atoms with Crippen molar-refractivity contribution >= 4 is 5.96 Å². The second-order valence-electron chi connectivity index (χ2n) is 5.55. The zero-order valence-corrected chi connectivity index (χ0v) is 16.0. The van der Waals surface area contributed by atoms with Crippen LogP contribution in [0.25, 0.3) is 0 Å². The van der Waals surface area contributed by atoms with E-state index in [-0.39, 0.29) is 0 Å². The van der Waals surface area contributed by atoms with E-state index in [1.807, 2.05) is 33.0 Å². The monoisotopic (exact) mass is 360 g/mol. The highest BCUT2D eigenvalue weighted by Crippen LogP contribution is 2.28. The summed E-state index contributed by atoms with van der Waals surface area (Å²) < 4.78 is 13.0. The van der Waals surface area contributed by atoms with Crippen molar-refractivity contribution in [2.45, 2.75) is 26.8 Å². The first-order chi connectivity index (χ1) is 12.7. The Hall–Kier alpha value is -2.77. The summed E-state index contributed by atoms with van der Waals surface area (Å²) in [5.41, 5.74) is 1.17. The van der Waals surface area contributed by atoms with Gasteiger partial charge in [0.15, 0.2) is 17.5 Å². The Labute approximate surface area is 154 Å². The first-order valence-corrected chi connectivity index (χ1v) is 8.83. The van der Waals surface area contributed by atoms with Crippen LogP contribution in [0.3, 0.4) is 0 Å². The number of aromatic nitrogens is 3. The number of hydrogen-bond donors (Lipinski definition) is 2. The predicted molar refractivity (Wildman–Crippen MR) is 102 cm³/mol. The lowest BCUT2D eigenvalue weighted by molar-refractivity contribution is 0.287. The van der Waals surface area contributed by atoms with Gasteiger partial charge in [0, 0.05) is 20.6 Å². The van der Waals surface area contributed by atoms with Crippen molar-refractivity contribution in [1.82, 2.24) is 25.4 Å². The van der Waals surface area contributed by atoms with Gasteiger partial charge in [0.05, 0.1) is 19.8 Å². The van der Waals surface area contributed by atoms with Crippen LogP contribution >= 0.6 is 0 Å². The van der Waals surface area contributed by atoms with E-state index in [0.29, 0.717) is 19.8 Å². The maximum absolute atomic E-state index is 5.67. The van der Waals surface area contributed by atoms with Gasteiger partial charge in [-0.2, -0.15) is 5.10 Å².